The number of carbonyl (C=O) groups is 1. The average molecular weight is 256 g/mol. The second-order valence-corrected chi connectivity index (χ2v) is 5.33. The third-order valence-corrected chi connectivity index (χ3v) is 4.16. The van der Waals surface area contributed by atoms with Gasteiger partial charge in [-0.15, -0.1) is 0 Å². The monoisotopic (exact) mass is 256 g/mol. The number of hydrogen-bond acceptors (Lipinski definition) is 3. The van der Waals surface area contributed by atoms with Crippen LogP contribution in [0, 0.1) is 5.92 Å². The molecule has 1 saturated heterocycles. The second-order valence-electron chi connectivity index (χ2n) is 5.33. The van der Waals surface area contributed by atoms with Crippen molar-refractivity contribution in [3.8, 4) is 0 Å². The van der Waals surface area contributed by atoms with E-state index in [2.05, 4.69) is 12.2 Å². The van der Waals surface area contributed by atoms with Crippen molar-refractivity contribution >= 4 is 5.91 Å². The summed E-state index contributed by atoms with van der Waals surface area (Å²) in [6.45, 7) is 9.86. The normalized spacial score (nSPS) is 20.8. The number of nitrogens with one attached hydrogen (secondary N) is 1. The van der Waals surface area contributed by atoms with Crippen molar-refractivity contribution in [2.75, 3.05) is 33.3 Å². The number of nitrogens with zero attached hydrogens (tertiary/aromatic N) is 1. The van der Waals surface area contributed by atoms with Gasteiger partial charge in [-0.3, -0.25) is 4.79 Å². The topological polar surface area (TPSA) is 41.6 Å². The summed E-state index contributed by atoms with van der Waals surface area (Å²) in [6, 6.07) is 0. The van der Waals surface area contributed by atoms with E-state index in [4.69, 9.17) is 4.74 Å². The first-order chi connectivity index (χ1) is 8.57. The molecule has 1 fully saturated rings. The molecule has 1 aliphatic rings. The van der Waals surface area contributed by atoms with Crippen LogP contribution in [0.25, 0.3) is 0 Å². The maximum Gasteiger partial charge on any atom is 0.254 e. The van der Waals surface area contributed by atoms with Gasteiger partial charge in [0.15, 0.2) is 0 Å². The Morgan fingerprint density at radius 1 is 1.39 bits per heavy atom. The summed E-state index contributed by atoms with van der Waals surface area (Å²) in [4.78, 5) is 14.4. The van der Waals surface area contributed by atoms with E-state index in [-0.39, 0.29) is 5.91 Å². The fraction of sp³-hybridized carbons (Fsp3) is 0.929. The molecule has 0 aromatic heterocycles. The van der Waals surface area contributed by atoms with Crippen molar-refractivity contribution in [1.82, 2.24) is 10.2 Å². The molecule has 0 saturated carbocycles. The highest BCUT2D eigenvalue weighted by atomic mass is 16.5. The number of likely N-dealkylation sites (tertiary alicyclic amines) is 1. The van der Waals surface area contributed by atoms with Crippen LogP contribution in [0.3, 0.4) is 0 Å². The minimum atomic E-state index is -0.644. The average Bonchev–Trinajstić information content (AvgIpc) is 2.44. The Morgan fingerprint density at radius 3 is 2.44 bits per heavy atom. The van der Waals surface area contributed by atoms with Gasteiger partial charge < -0.3 is 15.0 Å². The van der Waals surface area contributed by atoms with Gasteiger partial charge in [0.25, 0.3) is 5.91 Å². The zero-order chi connectivity index (χ0) is 13.6. The van der Waals surface area contributed by atoms with Crippen LogP contribution in [-0.2, 0) is 9.53 Å². The molecule has 0 aromatic rings. The standard InChI is InChI=1S/C14H28N2O2/c1-5-14(3,18-4)13(17)16-9-7-12(8-10-16)11-15-6-2/h12,15H,5-11H2,1-4H3. The quantitative estimate of drug-likeness (QED) is 0.785. The smallest absolute Gasteiger partial charge is 0.254 e. The van der Waals surface area contributed by atoms with E-state index in [1.165, 1.54) is 0 Å². The van der Waals surface area contributed by atoms with Gasteiger partial charge >= 0.3 is 0 Å². The zero-order valence-electron chi connectivity index (χ0n) is 12.3. The molecule has 0 aromatic carbocycles. The molecule has 1 N–H and O–H groups in total. The van der Waals surface area contributed by atoms with Crippen molar-refractivity contribution < 1.29 is 9.53 Å². The van der Waals surface area contributed by atoms with E-state index < -0.39 is 5.60 Å². The summed E-state index contributed by atoms with van der Waals surface area (Å²) >= 11 is 0. The van der Waals surface area contributed by atoms with Crippen LogP contribution in [0.1, 0.15) is 40.0 Å². The highest BCUT2D eigenvalue weighted by molar-refractivity contribution is 5.84. The fourth-order valence-electron chi connectivity index (χ4n) is 2.41. The Hall–Kier alpha value is -0.610. The van der Waals surface area contributed by atoms with Gasteiger partial charge in [-0.05, 0) is 45.2 Å². The lowest BCUT2D eigenvalue weighted by molar-refractivity contribution is -0.154. The molecular formula is C14H28N2O2. The molecule has 1 amide bonds. The van der Waals surface area contributed by atoms with Crippen LogP contribution in [0.15, 0.2) is 0 Å². The van der Waals surface area contributed by atoms with Crippen molar-refractivity contribution in [3.63, 3.8) is 0 Å². The van der Waals surface area contributed by atoms with Gasteiger partial charge in [-0.2, -0.15) is 0 Å². The largest absolute Gasteiger partial charge is 0.369 e. The SMILES string of the molecule is CCNCC1CCN(C(=O)C(C)(CC)OC)CC1. The summed E-state index contributed by atoms with van der Waals surface area (Å²) in [5.41, 5.74) is -0.644. The molecule has 0 radical (unpaired) electrons. The van der Waals surface area contributed by atoms with Gasteiger partial charge in [-0.1, -0.05) is 13.8 Å². The van der Waals surface area contributed by atoms with Gasteiger partial charge in [0.2, 0.25) is 0 Å². The third kappa shape index (κ3) is 3.69. The molecule has 1 rings (SSSR count). The summed E-state index contributed by atoms with van der Waals surface area (Å²) in [5, 5.41) is 3.39. The first kappa shape index (κ1) is 15.4. The Morgan fingerprint density at radius 2 is 2.00 bits per heavy atom. The second kappa shape index (κ2) is 7.10. The highest BCUT2D eigenvalue weighted by Gasteiger charge is 2.36. The Kier molecular flexibility index (Phi) is 6.09. The predicted octanol–water partition coefficient (Wildman–Crippen LogP) is 1.65. The molecule has 1 heterocycles. The van der Waals surface area contributed by atoms with Crippen molar-refractivity contribution in [1.29, 1.82) is 0 Å². The van der Waals surface area contributed by atoms with E-state index in [1.54, 1.807) is 7.11 Å². The lowest BCUT2D eigenvalue weighted by Crippen LogP contribution is -2.51. The van der Waals surface area contributed by atoms with Gasteiger partial charge in [0.1, 0.15) is 5.60 Å². The predicted molar refractivity (Wildman–Crippen MR) is 73.6 cm³/mol. The van der Waals surface area contributed by atoms with E-state index in [0.29, 0.717) is 5.92 Å². The molecule has 0 bridgehead atoms. The Balaban J connectivity index is 2.45. The van der Waals surface area contributed by atoms with Crippen LogP contribution in [0.5, 0.6) is 0 Å². The Labute approximate surface area is 111 Å². The van der Waals surface area contributed by atoms with Gasteiger partial charge in [0, 0.05) is 20.2 Å². The maximum atomic E-state index is 12.4. The molecule has 1 atom stereocenters. The van der Waals surface area contributed by atoms with Crippen molar-refractivity contribution in [2.24, 2.45) is 5.92 Å². The molecule has 4 heteroatoms. The first-order valence-electron chi connectivity index (χ1n) is 7.12. The number of hydrogen-bond donors (Lipinski definition) is 1. The first-order valence-corrected chi connectivity index (χ1v) is 7.12. The van der Waals surface area contributed by atoms with Crippen LogP contribution >= 0.6 is 0 Å². The molecule has 1 unspecified atom stereocenters. The summed E-state index contributed by atoms with van der Waals surface area (Å²) in [5.74, 6) is 0.860. The van der Waals surface area contributed by atoms with Crippen LogP contribution in [0.4, 0.5) is 0 Å². The van der Waals surface area contributed by atoms with E-state index in [1.807, 2.05) is 18.7 Å². The Bertz CT molecular complexity index is 257. The van der Waals surface area contributed by atoms with E-state index in [9.17, 15) is 4.79 Å². The number of methoxy groups -OCH3 is 1. The molecular weight excluding hydrogens is 228 g/mol. The molecule has 18 heavy (non-hydrogen) atoms. The van der Waals surface area contributed by atoms with Crippen LogP contribution < -0.4 is 5.32 Å². The number of piperidine rings is 1. The summed E-state index contributed by atoms with van der Waals surface area (Å²) < 4.78 is 5.39. The zero-order valence-corrected chi connectivity index (χ0v) is 12.3. The fourth-order valence-corrected chi connectivity index (χ4v) is 2.41. The summed E-state index contributed by atoms with van der Waals surface area (Å²) in [7, 11) is 1.62. The highest BCUT2D eigenvalue weighted by Crippen LogP contribution is 2.23. The molecule has 106 valence electrons. The minimum Gasteiger partial charge on any atom is -0.369 e. The molecule has 0 aliphatic carbocycles. The molecule has 4 nitrogen and oxygen atoms in total. The number of carbonyl (C=O) groups excluding carboxylic acids is 1. The van der Waals surface area contributed by atoms with Crippen molar-refractivity contribution in [3.05, 3.63) is 0 Å². The maximum absolute atomic E-state index is 12.4. The third-order valence-electron chi connectivity index (χ3n) is 4.16. The van der Waals surface area contributed by atoms with E-state index in [0.717, 1.165) is 45.4 Å². The van der Waals surface area contributed by atoms with Gasteiger partial charge in [0.05, 0.1) is 0 Å². The number of amides is 1. The molecule has 0 spiro atoms. The molecule has 1 aliphatic heterocycles. The minimum absolute atomic E-state index is 0.148. The summed E-state index contributed by atoms with van der Waals surface area (Å²) in [6.07, 6.45) is 2.92. The number of rotatable bonds is 6. The van der Waals surface area contributed by atoms with Gasteiger partial charge in [-0.25, -0.2) is 0 Å². The van der Waals surface area contributed by atoms with E-state index >= 15 is 0 Å². The number of ether oxygens (including phenoxy) is 1. The lowest BCUT2D eigenvalue weighted by atomic mass is 9.94. The lowest BCUT2D eigenvalue weighted by Gasteiger charge is -2.37. The van der Waals surface area contributed by atoms with Crippen molar-refractivity contribution in [2.45, 2.75) is 45.6 Å². The van der Waals surface area contributed by atoms with Crippen LogP contribution in [-0.4, -0.2) is 49.7 Å². The van der Waals surface area contributed by atoms with Crippen LogP contribution in [0.2, 0.25) is 0 Å².